The van der Waals surface area contributed by atoms with Crippen LogP contribution in [0.4, 0.5) is 4.79 Å². The second-order valence-electron chi connectivity index (χ2n) is 12.2. The zero-order chi connectivity index (χ0) is 28.3. The molecule has 0 unspecified atom stereocenters. The van der Waals surface area contributed by atoms with Crippen molar-refractivity contribution in [2.75, 3.05) is 33.4 Å². The van der Waals surface area contributed by atoms with Gasteiger partial charge in [0, 0.05) is 44.8 Å². The second-order valence-corrected chi connectivity index (χ2v) is 12.2. The Bertz CT molecular complexity index is 1240. The van der Waals surface area contributed by atoms with Crippen molar-refractivity contribution in [3.8, 4) is 0 Å². The summed E-state index contributed by atoms with van der Waals surface area (Å²) >= 11 is 0. The molecule has 40 heavy (non-hydrogen) atoms. The predicted molar refractivity (Wildman–Crippen MR) is 154 cm³/mol. The largest absolute Gasteiger partial charge is 0.444 e. The number of aromatic nitrogens is 2. The first-order valence-electron chi connectivity index (χ1n) is 14.8. The first-order chi connectivity index (χ1) is 19.2. The van der Waals surface area contributed by atoms with Crippen molar-refractivity contribution in [3.05, 3.63) is 35.5 Å². The number of aryl methyl sites for hydroxylation is 1. The average molecular weight is 553 g/mol. The highest BCUT2D eigenvalue weighted by atomic mass is 16.6. The van der Waals surface area contributed by atoms with E-state index in [1.807, 2.05) is 25.7 Å². The van der Waals surface area contributed by atoms with E-state index in [9.17, 15) is 9.59 Å². The van der Waals surface area contributed by atoms with Gasteiger partial charge in [-0.3, -0.25) is 9.48 Å². The highest BCUT2D eigenvalue weighted by Crippen LogP contribution is 2.34. The van der Waals surface area contributed by atoms with Crippen molar-refractivity contribution in [1.82, 2.24) is 19.6 Å². The van der Waals surface area contributed by atoms with E-state index >= 15 is 0 Å². The molecule has 1 aromatic heterocycles. The van der Waals surface area contributed by atoms with Crippen LogP contribution in [0.3, 0.4) is 0 Å². The molecule has 2 amide bonds. The molecule has 9 heteroatoms. The van der Waals surface area contributed by atoms with Gasteiger partial charge in [0.1, 0.15) is 5.60 Å². The third-order valence-corrected chi connectivity index (χ3v) is 7.75. The third kappa shape index (κ3) is 6.86. The first kappa shape index (κ1) is 28.6. The summed E-state index contributed by atoms with van der Waals surface area (Å²) in [5.74, 6) is -0.0579. The molecule has 218 valence electrons. The van der Waals surface area contributed by atoms with Crippen molar-refractivity contribution in [2.24, 2.45) is 0 Å². The molecule has 2 heterocycles. The van der Waals surface area contributed by atoms with Gasteiger partial charge < -0.3 is 24.0 Å². The van der Waals surface area contributed by atoms with E-state index in [0.717, 1.165) is 55.4 Å². The molecule has 0 radical (unpaired) electrons. The van der Waals surface area contributed by atoms with Crippen LogP contribution in [0.1, 0.15) is 77.0 Å². The van der Waals surface area contributed by atoms with E-state index in [2.05, 4.69) is 29.0 Å². The molecule has 1 saturated carbocycles. The lowest BCUT2D eigenvalue weighted by atomic mass is 9.95. The summed E-state index contributed by atoms with van der Waals surface area (Å²) in [6, 6.07) is 6.71. The Labute approximate surface area is 237 Å². The number of rotatable bonds is 9. The van der Waals surface area contributed by atoms with Crippen molar-refractivity contribution < 1.29 is 23.8 Å². The number of morpholine rings is 1. The van der Waals surface area contributed by atoms with Gasteiger partial charge in [-0.25, -0.2) is 4.79 Å². The molecule has 2 aromatic rings. The molecule has 0 spiro atoms. The summed E-state index contributed by atoms with van der Waals surface area (Å²) in [6.45, 7) is 8.46. The van der Waals surface area contributed by atoms with Crippen molar-refractivity contribution in [2.45, 2.75) is 96.6 Å². The topological polar surface area (TPSA) is 86.1 Å². The number of carbonyl (C=O) groups is 2. The van der Waals surface area contributed by atoms with Gasteiger partial charge in [0.25, 0.3) is 5.91 Å². The van der Waals surface area contributed by atoms with Crippen LogP contribution in [0.15, 0.2) is 24.3 Å². The number of hydrogen-bond acceptors (Lipinski definition) is 6. The Morgan fingerprint density at radius 1 is 1.20 bits per heavy atom. The molecule has 1 atom stereocenters. The number of hydrogen-bond donors (Lipinski definition) is 0. The smallest absolute Gasteiger partial charge is 0.410 e. The minimum absolute atomic E-state index is 0.0579. The zero-order valence-corrected chi connectivity index (χ0v) is 24.5. The zero-order valence-electron chi connectivity index (χ0n) is 24.5. The fourth-order valence-corrected chi connectivity index (χ4v) is 5.58. The summed E-state index contributed by atoms with van der Waals surface area (Å²) in [6.07, 6.45) is 8.74. The molecule has 0 N–H and O–H groups in total. The Kier molecular flexibility index (Phi) is 8.80. The van der Waals surface area contributed by atoms with E-state index < -0.39 is 17.8 Å². The maximum Gasteiger partial charge on any atom is 0.410 e. The molecule has 1 aliphatic heterocycles. The number of nitrogens with zero attached hydrogens (tertiary/aromatic N) is 4. The van der Waals surface area contributed by atoms with Crippen molar-refractivity contribution in [1.29, 1.82) is 0 Å². The highest BCUT2D eigenvalue weighted by molar-refractivity contribution is 5.91. The van der Waals surface area contributed by atoms with Gasteiger partial charge in [0.15, 0.2) is 6.10 Å². The van der Waals surface area contributed by atoms with Crippen molar-refractivity contribution in [3.63, 3.8) is 0 Å². The van der Waals surface area contributed by atoms with Gasteiger partial charge >= 0.3 is 6.09 Å². The highest BCUT2D eigenvalue weighted by Gasteiger charge is 2.39. The Hall–Kier alpha value is -2.91. The lowest BCUT2D eigenvalue weighted by Crippen LogP contribution is -2.53. The maximum absolute atomic E-state index is 13.7. The molecule has 1 saturated heterocycles. The Morgan fingerprint density at radius 2 is 2.02 bits per heavy atom. The number of methoxy groups -OCH3 is 1. The third-order valence-electron chi connectivity index (χ3n) is 7.75. The summed E-state index contributed by atoms with van der Waals surface area (Å²) < 4.78 is 18.8. The van der Waals surface area contributed by atoms with Gasteiger partial charge in [-0.15, -0.1) is 0 Å². The van der Waals surface area contributed by atoms with Crippen LogP contribution in [0.2, 0.25) is 0 Å². The molecule has 0 bridgehead atoms. The van der Waals surface area contributed by atoms with E-state index in [1.54, 1.807) is 12.0 Å². The van der Waals surface area contributed by atoms with E-state index in [1.165, 1.54) is 23.8 Å². The molecule has 2 fully saturated rings. The van der Waals surface area contributed by atoms with Crippen LogP contribution in [0.5, 0.6) is 0 Å². The minimum atomic E-state index is -0.685. The SMILES string of the molecule is COCCCn1nc(C2=CCCCC2)c2ccc(CN(C(=O)[C@H]3CN(C(=O)OC(C)(C)C)CCO3)C3CC3)cc21. The van der Waals surface area contributed by atoms with E-state index in [-0.39, 0.29) is 18.5 Å². The van der Waals surface area contributed by atoms with Crippen LogP contribution in [-0.4, -0.2) is 82.7 Å². The van der Waals surface area contributed by atoms with Gasteiger partial charge in [-0.2, -0.15) is 5.10 Å². The number of benzene rings is 1. The summed E-state index contributed by atoms with van der Waals surface area (Å²) in [5.41, 5.74) is 4.02. The number of ether oxygens (including phenoxy) is 3. The fourth-order valence-electron chi connectivity index (χ4n) is 5.58. The molecular weight excluding hydrogens is 508 g/mol. The molecule has 2 aliphatic carbocycles. The van der Waals surface area contributed by atoms with E-state index in [4.69, 9.17) is 19.3 Å². The monoisotopic (exact) mass is 552 g/mol. The fraction of sp³-hybridized carbons (Fsp3) is 0.645. The molecule has 9 nitrogen and oxygen atoms in total. The first-order valence-corrected chi connectivity index (χ1v) is 14.8. The molecule has 5 rings (SSSR count). The standard InChI is InChI=1S/C31H44N4O5/c1-31(2,3)40-30(37)33-16-18-39-27(21-33)29(36)34(24-12-13-24)20-22-11-14-25-26(19-22)35(15-8-17-38-4)32-28(25)23-9-6-5-7-10-23/h9,11,14,19,24,27H,5-8,10,12-13,15-18,20-21H2,1-4H3/t27-/m1/s1. The molecular formula is C31H44N4O5. The summed E-state index contributed by atoms with van der Waals surface area (Å²) in [7, 11) is 1.73. The summed E-state index contributed by atoms with van der Waals surface area (Å²) in [4.78, 5) is 29.9. The predicted octanol–water partition coefficient (Wildman–Crippen LogP) is 5.16. The van der Waals surface area contributed by atoms with Crippen LogP contribution < -0.4 is 0 Å². The van der Waals surface area contributed by atoms with Crippen LogP contribution >= 0.6 is 0 Å². The minimum Gasteiger partial charge on any atom is -0.444 e. The second kappa shape index (κ2) is 12.3. The van der Waals surface area contributed by atoms with Crippen LogP contribution in [0.25, 0.3) is 16.5 Å². The lowest BCUT2D eigenvalue weighted by Gasteiger charge is -2.36. The number of amides is 2. The maximum atomic E-state index is 13.7. The average Bonchev–Trinajstić information content (AvgIpc) is 3.72. The quantitative estimate of drug-likeness (QED) is 0.400. The molecule has 1 aromatic carbocycles. The van der Waals surface area contributed by atoms with Gasteiger partial charge in [0.05, 0.1) is 24.4 Å². The van der Waals surface area contributed by atoms with Crippen molar-refractivity contribution >= 4 is 28.5 Å². The van der Waals surface area contributed by atoms with Crippen LogP contribution in [0, 0.1) is 0 Å². The van der Waals surface area contributed by atoms with Gasteiger partial charge in [-0.1, -0.05) is 18.2 Å². The number of carbonyl (C=O) groups excluding carboxylic acids is 2. The van der Waals surface area contributed by atoms with Gasteiger partial charge in [0.2, 0.25) is 0 Å². The number of allylic oxidation sites excluding steroid dienone is 2. The molecule has 3 aliphatic rings. The lowest BCUT2D eigenvalue weighted by molar-refractivity contribution is -0.150. The van der Waals surface area contributed by atoms with E-state index in [0.29, 0.717) is 26.3 Å². The Morgan fingerprint density at radius 3 is 2.73 bits per heavy atom. The van der Waals surface area contributed by atoms with Crippen LogP contribution in [-0.2, 0) is 32.1 Å². The Balaban J connectivity index is 1.35. The van der Waals surface area contributed by atoms with Gasteiger partial charge in [-0.05, 0) is 82.9 Å². The normalized spacial score (nSPS) is 19.9. The number of fused-ring (bicyclic) bond motifs is 1. The summed E-state index contributed by atoms with van der Waals surface area (Å²) in [5, 5.41) is 6.22.